The minimum absolute atomic E-state index is 0.130. The summed E-state index contributed by atoms with van der Waals surface area (Å²) in [6.07, 6.45) is 1.30. The number of nitrogens with zero attached hydrogens (tertiary/aromatic N) is 1. The molecule has 1 amide bonds. The zero-order valence-corrected chi connectivity index (χ0v) is 7.08. The Morgan fingerprint density at radius 3 is 2.73 bits per heavy atom. The highest BCUT2D eigenvalue weighted by molar-refractivity contribution is 5.80. The second-order valence-electron chi connectivity index (χ2n) is 3.20. The van der Waals surface area contributed by atoms with E-state index in [4.69, 9.17) is 5.11 Å². The number of hydrogen-bond donors (Lipinski definition) is 1. The van der Waals surface area contributed by atoms with Crippen LogP contribution in [0.2, 0.25) is 0 Å². The molecule has 0 spiro atoms. The molecule has 1 saturated heterocycles. The van der Waals surface area contributed by atoms with Gasteiger partial charge in [-0.3, -0.25) is 4.79 Å². The molecule has 1 rings (SSSR count). The van der Waals surface area contributed by atoms with Crippen molar-refractivity contribution in [1.29, 1.82) is 0 Å². The lowest BCUT2D eigenvalue weighted by molar-refractivity contribution is -0.139. The molecule has 11 heavy (non-hydrogen) atoms. The molecule has 3 heteroatoms. The van der Waals surface area contributed by atoms with Crippen molar-refractivity contribution in [3.8, 4) is 0 Å². The first kappa shape index (κ1) is 8.53. The van der Waals surface area contributed by atoms with Gasteiger partial charge in [-0.25, -0.2) is 0 Å². The van der Waals surface area contributed by atoms with Gasteiger partial charge in [0.15, 0.2) is 0 Å². The quantitative estimate of drug-likeness (QED) is 0.597. The summed E-state index contributed by atoms with van der Waals surface area (Å²) >= 11 is 0. The van der Waals surface area contributed by atoms with Crippen LogP contribution in [0, 0.1) is 0 Å². The molecule has 1 aliphatic rings. The molecule has 0 aromatic heterocycles. The van der Waals surface area contributed by atoms with E-state index in [-0.39, 0.29) is 5.91 Å². The van der Waals surface area contributed by atoms with E-state index in [0.29, 0.717) is 6.04 Å². The topological polar surface area (TPSA) is 40.5 Å². The Balaban J connectivity index is 2.53. The largest absolute Gasteiger partial charge is 0.384 e. The predicted octanol–water partition coefficient (Wildman–Crippen LogP) is 0.378. The van der Waals surface area contributed by atoms with Gasteiger partial charge >= 0.3 is 0 Å². The van der Waals surface area contributed by atoms with Crippen LogP contribution in [0.4, 0.5) is 0 Å². The van der Waals surface area contributed by atoms with Crippen LogP contribution in [0.5, 0.6) is 0 Å². The van der Waals surface area contributed by atoms with E-state index in [2.05, 4.69) is 0 Å². The summed E-state index contributed by atoms with van der Waals surface area (Å²) in [5.41, 5.74) is 0. The highest BCUT2D eigenvalue weighted by Crippen LogP contribution is 2.16. The Bertz CT molecular complexity index is 156. The van der Waals surface area contributed by atoms with Crippen LogP contribution in [0.1, 0.15) is 26.7 Å². The molecular formula is C8H15NO2. The molecule has 1 heterocycles. The van der Waals surface area contributed by atoms with Crippen molar-refractivity contribution in [2.75, 3.05) is 6.54 Å². The molecule has 0 aliphatic carbocycles. The third kappa shape index (κ3) is 1.71. The highest BCUT2D eigenvalue weighted by Gasteiger charge is 2.27. The van der Waals surface area contributed by atoms with Gasteiger partial charge < -0.3 is 10.0 Å². The second kappa shape index (κ2) is 3.22. The standard InChI is InChI=1S/C8H15NO2/c1-6-4-3-5-9(6)8(11)7(2)10/h6-7,10H,3-5H2,1-2H3. The number of hydrogen-bond acceptors (Lipinski definition) is 2. The molecule has 2 atom stereocenters. The van der Waals surface area contributed by atoms with Crippen molar-refractivity contribution in [2.24, 2.45) is 0 Å². The summed E-state index contributed by atoms with van der Waals surface area (Å²) in [6, 6.07) is 0.317. The maximum absolute atomic E-state index is 11.2. The van der Waals surface area contributed by atoms with Crippen molar-refractivity contribution in [2.45, 2.75) is 38.8 Å². The van der Waals surface area contributed by atoms with E-state index in [1.54, 1.807) is 4.90 Å². The number of carbonyl (C=O) groups is 1. The van der Waals surface area contributed by atoms with E-state index in [1.165, 1.54) is 6.92 Å². The van der Waals surface area contributed by atoms with Gasteiger partial charge in [-0.2, -0.15) is 0 Å². The summed E-state index contributed by atoms with van der Waals surface area (Å²) in [4.78, 5) is 13.0. The van der Waals surface area contributed by atoms with E-state index in [0.717, 1.165) is 19.4 Å². The maximum Gasteiger partial charge on any atom is 0.251 e. The molecule has 2 unspecified atom stereocenters. The van der Waals surface area contributed by atoms with Crippen LogP contribution < -0.4 is 0 Å². The Kier molecular flexibility index (Phi) is 2.49. The van der Waals surface area contributed by atoms with Gasteiger partial charge in [0.05, 0.1) is 0 Å². The van der Waals surface area contributed by atoms with Crippen molar-refractivity contribution in [3.63, 3.8) is 0 Å². The third-order valence-electron chi connectivity index (χ3n) is 2.19. The molecule has 0 radical (unpaired) electrons. The van der Waals surface area contributed by atoms with Crippen molar-refractivity contribution in [3.05, 3.63) is 0 Å². The lowest BCUT2D eigenvalue weighted by atomic mass is 10.2. The molecule has 0 aromatic carbocycles. The lowest BCUT2D eigenvalue weighted by Crippen LogP contribution is -2.39. The molecule has 64 valence electrons. The molecule has 1 aliphatic heterocycles. The van der Waals surface area contributed by atoms with Crippen molar-refractivity contribution >= 4 is 5.91 Å². The monoisotopic (exact) mass is 157 g/mol. The minimum Gasteiger partial charge on any atom is -0.384 e. The SMILES string of the molecule is CC(O)C(=O)N1CCCC1C. The van der Waals surface area contributed by atoms with Gasteiger partial charge in [0.25, 0.3) is 5.91 Å². The number of aliphatic hydroxyl groups is 1. The van der Waals surface area contributed by atoms with E-state index in [9.17, 15) is 4.79 Å². The van der Waals surface area contributed by atoms with Gasteiger partial charge in [-0.05, 0) is 26.7 Å². The highest BCUT2D eigenvalue weighted by atomic mass is 16.3. The first-order chi connectivity index (χ1) is 5.13. The third-order valence-corrected chi connectivity index (χ3v) is 2.19. The Hall–Kier alpha value is -0.570. The summed E-state index contributed by atoms with van der Waals surface area (Å²) in [5.74, 6) is -0.130. The van der Waals surface area contributed by atoms with Gasteiger partial charge in [0, 0.05) is 12.6 Å². The first-order valence-electron chi connectivity index (χ1n) is 4.11. The fraction of sp³-hybridized carbons (Fsp3) is 0.875. The van der Waals surface area contributed by atoms with Gasteiger partial charge in [-0.1, -0.05) is 0 Å². The number of aliphatic hydroxyl groups excluding tert-OH is 1. The number of rotatable bonds is 1. The summed E-state index contributed by atoms with van der Waals surface area (Å²) < 4.78 is 0. The Morgan fingerprint density at radius 1 is 1.73 bits per heavy atom. The Labute approximate surface area is 67.0 Å². The molecular weight excluding hydrogens is 142 g/mol. The van der Waals surface area contributed by atoms with Gasteiger partial charge in [-0.15, -0.1) is 0 Å². The number of amides is 1. The molecule has 0 bridgehead atoms. The summed E-state index contributed by atoms with van der Waals surface area (Å²) in [7, 11) is 0. The van der Waals surface area contributed by atoms with Crippen LogP contribution in [0.25, 0.3) is 0 Å². The molecule has 1 fully saturated rings. The lowest BCUT2D eigenvalue weighted by Gasteiger charge is -2.22. The van der Waals surface area contributed by atoms with E-state index < -0.39 is 6.10 Å². The zero-order valence-electron chi connectivity index (χ0n) is 7.08. The average molecular weight is 157 g/mol. The molecule has 0 aromatic rings. The van der Waals surface area contributed by atoms with Gasteiger partial charge in [0.1, 0.15) is 6.10 Å². The molecule has 1 N–H and O–H groups in total. The first-order valence-corrected chi connectivity index (χ1v) is 4.11. The van der Waals surface area contributed by atoms with E-state index >= 15 is 0 Å². The second-order valence-corrected chi connectivity index (χ2v) is 3.20. The maximum atomic E-state index is 11.2. The number of carbonyl (C=O) groups excluding carboxylic acids is 1. The average Bonchev–Trinajstić information content (AvgIpc) is 2.33. The van der Waals surface area contributed by atoms with Crippen molar-refractivity contribution < 1.29 is 9.90 Å². The fourth-order valence-electron chi connectivity index (χ4n) is 1.50. The van der Waals surface area contributed by atoms with E-state index in [1.807, 2.05) is 6.92 Å². The van der Waals surface area contributed by atoms with Crippen LogP contribution in [-0.2, 0) is 4.79 Å². The van der Waals surface area contributed by atoms with Crippen LogP contribution in [-0.4, -0.2) is 34.6 Å². The Morgan fingerprint density at radius 2 is 2.36 bits per heavy atom. The smallest absolute Gasteiger partial charge is 0.251 e. The van der Waals surface area contributed by atoms with Crippen LogP contribution in [0.15, 0.2) is 0 Å². The normalized spacial score (nSPS) is 27.2. The predicted molar refractivity (Wildman–Crippen MR) is 42.1 cm³/mol. The molecule has 3 nitrogen and oxygen atoms in total. The molecule has 0 saturated carbocycles. The summed E-state index contributed by atoms with van der Waals surface area (Å²) in [5, 5.41) is 9.01. The fourth-order valence-corrected chi connectivity index (χ4v) is 1.50. The van der Waals surface area contributed by atoms with Gasteiger partial charge in [0.2, 0.25) is 0 Å². The van der Waals surface area contributed by atoms with Crippen LogP contribution in [0.3, 0.4) is 0 Å². The summed E-state index contributed by atoms with van der Waals surface area (Å²) in [6.45, 7) is 4.35. The van der Waals surface area contributed by atoms with Crippen molar-refractivity contribution in [1.82, 2.24) is 4.90 Å². The van der Waals surface area contributed by atoms with Crippen LogP contribution >= 0.6 is 0 Å². The minimum atomic E-state index is -0.837. The number of likely N-dealkylation sites (tertiary alicyclic amines) is 1. The zero-order chi connectivity index (χ0) is 8.43.